The number of carboxylic acid groups (broad SMARTS) is 1. The van der Waals surface area contributed by atoms with Crippen LogP contribution < -0.4 is 5.73 Å². The van der Waals surface area contributed by atoms with Gasteiger partial charge in [-0.3, -0.25) is 19.3 Å². The predicted molar refractivity (Wildman–Crippen MR) is 111 cm³/mol. The molecule has 0 aromatic heterocycles. The van der Waals surface area contributed by atoms with Gasteiger partial charge in [-0.15, -0.1) is 0 Å². The van der Waals surface area contributed by atoms with Gasteiger partial charge in [-0.25, -0.2) is 0 Å². The summed E-state index contributed by atoms with van der Waals surface area (Å²) in [6.45, 7) is 2.58. The zero-order valence-electron chi connectivity index (χ0n) is 17.4. The summed E-state index contributed by atoms with van der Waals surface area (Å²) < 4.78 is 0. The number of aliphatic carboxylic acids is 1. The van der Waals surface area contributed by atoms with E-state index in [9.17, 15) is 14.4 Å². The molecule has 0 aromatic carbocycles. The van der Waals surface area contributed by atoms with Gasteiger partial charge in [0.25, 0.3) is 0 Å². The second-order valence-electron chi connectivity index (χ2n) is 7.83. The summed E-state index contributed by atoms with van der Waals surface area (Å²) >= 11 is 0. The molecule has 160 valence electrons. The van der Waals surface area contributed by atoms with Crippen molar-refractivity contribution in [3.8, 4) is 0 Å². The summed E-state index contributed by atoms with van der Waals surface area (Å²) in [5.41, 5.74) is 5.46. The van der Waals surface area contributed by atoms with Crippen LogP contribution in [0.2, 0.25) is 0 Å². The molecule has 6 heteroatoms. The van der Waals surface area contributed by atoms with E-state index in [1.54, 1.807) is 0 Å². The van der Waals surface area contributed by atoms with E-state index in [4.69, 9.17) is 10.8 Å². The first kappa shape index (κ1) is 24.3. The second-order valence-corrected chi connectivity index (χ2v) is 7.83. The van der Waals surface area contributed by atoms with E-state index in [0.29, 0.717) is 25.8 Å². The number of likely N-dealkylation sites (tertiary alicyclic amines) is 1. The second kappa shape index (κ2) is 14.3. The van der Waals surface area contributed by atoms with Crippen LogP contribution in [0.15, 0.2) is 12.2 Å². The molecule has 2 amide bonds. The summed E-state index contributed by atoms with van der Waals surface area (Å²) in [4.78, 5) is 36.4. The first-order chi connectivity index (χ1) is 13.5. The third-order valence-corrected chi connectivity index (χ3v) is 5.34. The third-order valence-electron chi connectivity index (χ3n) is 5.34. The number of allylic oxidation sites excluding steroid dienone is 1. The van der Waals surface area contributed by atoms with E-state index in [1.807, 2.05) is 12.2 Å². The Morgan fingerprint density at radius 3 is 2.39 bits per heavy atom. The quantitative estimate of drug-likeness (QED) is 0.234. The number of unbranched alkanes of at least 4 members (excludes halogenated alkanes) is 9. The number of amides is 2. The normalized spacial score (nSPS) is 18.4. The van der Waals surface area contributed by atoms with Gasteiger partial charge in [-0.05, 0) is 32.1 Å². The predicted octanol–water partition coefficient (Wildman–Crippen LogP) is 4.03. The van der Waals surface area contributed by atoms with Gasteiger partial charge in [0.2, 0.25) is 11.8 Å². The average Bonchev–Trinajstić information content (AvgIpc) is 2.93. The number of rotatable bonds is 16. The van der Waals surface area contributed by atoms with Crippen molar-refractivity contribution in [3.05, 3.63) is 12.2 Å². The van der Waals surface area contributed by atoms with E-state index in [2.05, 4.69) is 6.92 Å². The molecule has 1 saturated heterocycles. The van der Waals surface area contributed by atoms with Crippen LogP contribution in [0.3, 0.4) is 0 Å². The zero-order valence-corrected chi connectivity index (χ0v) is 17.4. The molecule has 1 aliphatic heterocycles. The molecule has 0 aliphatic carbocycles. The van der Waals surface area contributed by atoms with E-state index >= 15 is 0 Å². The minimum Gasteiger partial charge on any atom is -0.480 e. The molecule has 0 bridgehead atoms. The van der Waals surface area contributed by atoms with Crippen molar-refractivity contribution in [2.24, 2.45) is 11.7 Å². The average molecular weight is 395 g/mol. The Labute approximate surface area is 169 Å². The minimum absolute atomic E-state index is 0.125. The Kier molecular flexibility index (Phi) is 12.5. The number of carboxylic acids is 1. The number of hydrogen-bond donors (Lipinski definition) is 2. The molecule has 0 saturated carbocycles. The van der Waals surface area contributed by atoms with Gasteiger partial charge in [-0.1, -0.05) is 64.0 Å². The smallest absolute Gasteiger partial charge is 0.320 e. The maximum atomic E-state index is 12.4. The molecule has 28 heavy (non-hydrogen) atoms. The summed E-state index contributed by atoms with van der Waals surface area (Å²) in [5, 5.41) is 8.75. The van der Waals surface area contributed by atoms with Gasteiger partial charge >= 0.3 is 5.97 Å². The molecule has 0 spiro atoms. The molecule has 3 N–H and O–H groups in total. The van der Waals surface area contributed by atoms with Crippen LogP contribution in [0.25, 0.3) is 0 Å². The van der Waals surface area contributed by atoms with Gasteiger partial charge in [0.05, 0.1) is 5.92 Å². The van der Waals surface area contributed by atoms with Gasteiger partial charge in [0.15, 0.2) is 0 Å². The Morgan fingerprint density at radius 1 is 1.11 bits per heavy atom. The van der Waals surface area contributed by atoms with Crippen molar-refractivity contribution in [3.63, 3.8) is 0 Å². The Morgan fingerprint density at radius 2 is 1.75 bits per heavy atom. The number of carbonyl (C=O) groups excluding carboxylic acids is 2. The molecular formula is C22H38N2O4. The summed E-state index contributed by atoms with van der Waals surface area (Å²) in [6, 6.07) is -0.878. The monoisotopic (exact) mass is 394 g/mol. The topological polar surface area (TPSA) is 101 Å². The number of nitrogens with zero attached hydrogens (tertiary/aromatic N) is 1. The van der Waals surface area contributed by atoms with Crippen LogP contribution in [0.5, 0.6) is 0 Å². The standard InChI is InChI=1S/C22H38N2O4/c1-2-3-4-5-6-7-8-9-10-11-14-18-17-20(25)24(21(18)26)16-13-12-15-19(23)22(27)28/h11,14,18-19H,2-10,12-13,15-17,23H2,1H3,(H,27,28). The molecule has 6 nitrogen and oxygen atoms in total. The van der Waals surface area contributed by atoms with Crippen LogP contribution in [-0.2, 0) is 14.4 Å². The maximum Gasteiger partial charge on any atom is 0.320 e. The minimum atomic E-state index is -1.02. The lowest BCUT2D eigenvalue weighted by Gasteiger charge is -2.14. The molecular weight excluding hydrogens is 356 g/mol. The molecule has 1 rings (SSSR count). The van der Waals surface area contributed by atoms with Gasteiger partial charge < -0.3 is 10.8 Å². The lowest BCUT2D eigenvalue weighted by atomic mass is 10.0. The maximum absolute atomic E-state index is 12.4. The Bertz CT molecular complexity index is 519. The highest BCUT2D eigenvalue weighted by Crippen LogP contribution is 2.22. The summed E-state index contributed by atoms with van der Waals surface area (Å²) in [7, 11) is 0. The van der Waals surface area contributed by atoms with Crippen LogP contribution >= 0.6 is 0 Å². The molecule has 2 atom stereocenters. The van der Waals surface area contributed by atoms with Crippen molar-refractivity contribution >= 4 is 17.8 Å². The SMILES string of the molecule is CCCCCCCCCCC=CC1CC(=O)N(CCCCC(N)C(=O)O)C1=O. The van der Waals surface area contributed by atoms with Gasteiger partial charge in [0, 0.05) is 13.0 Å². The fourth-order valence-corrected chi connectivity index (χ4v) is 3.51. The van der Waals surface area contributed by atoms with Crippen molar-refractivity contribution in [2.75, 3.05) is 6.54 Å². The van der Waals surface area contributed by atoms with Crippen molar-refractivity contribution in [2.45, 2.75) is 96.4 Å². The van der Waals surface area contributed by atoms with Crippen molar-refractivity contribution in [1.82, 2.24) is 4.90 Å². The number of hydrogen-bond acceptors (Lipinski definition) is 4. The summed E-state index contributed by atoms with van der Waals surface area (Å²) in [6.07, 6.45) is 16.9. The first-order valence-corrected chi connectivity index (χ1v) is 11.0. The van der Waals surface area contributed by atoms with E-state index in [-0.39, 0.29) is 24.2 Å². The number of carbonyl (C=O) groups is 3. The Hall–Kier alpha value is -1.69. The number of nitrogens with two attached hydrogens (primary N) is 1. The Balaban J connectivity index is 2.17. The van der Waals surface area contributed by atoms with Crippen LogP contribution in [0.1, 0.15) is 90.4 Å². The van der Waals surface area contributed by atoms with E-state index in [0.717, 1.165) is 12.8 Å². The highest BCUT2D eigenvalue weighted by Gasteiger charge is 2.36. The fraction of sp³-hybridized carbons (Fsp3) is 0.773. The van der Waals surface area contributed by atoms with Crippen molar-refractivity contribution in [1.29, 1.82) is 0 Å². The van der Waals surface area contributed by atoms with Crippen LogP contribution in [0.4, 0.5) is 0 Å². The first-order valence-electron chi connectivity index (χ1n) is 11.0. The van der Waals surface area contributed by atoms with Gasteiger partial charge in [0.1, 0.15) is 6.04 Å². The lowest BCUT2D eigenvalue weighted by molar-refractivity contribution is -0.140. The van der Waals surface area contributed by atoms with Gasteiger partial charge in [-0.2, -0.15) is 0 Å². The molecule has 1 fully saturated rings. The third kappa shape index (κ3) is 9.49. The molecule has 1 aliphatic rings. The van der Waals surface area contributed by atoms with Crippen LogP contribution in [-0.4, -0.2) is 40.4 Å². The highest BCUT2D eigenvalue weighted by atomic mass is 16.4. The fourth-order valence-electron chi connectivity index (χ4n) is 3.51. The molecule has 0 aromatic rings. The summed E-state index contributed by atoms with van der Waals surface area (Å²) in [5.74, 6) is -1.60. The number of imide groups is 1. The molecule has 2 unspecified atom stereocenters. The molecule has 1 heterocycles. The van der Waals surface area contributed by atoms with Crippen LogP contribution in [0, 0.1) is 5.92 Å². The highest BCUT2D eigenvalue weighted by molar-refractivity contribution is 6.04. The zero-order chi connectivity index (χ0) is 20.8. The molecule has 0 radical (unpaired) electrons. The van der Waals surface area contributed by atoms with E-state index in [1.165, 1.54) is 49.8 Å². The van der Waals surface area contributed by atoms with E-state index < -0.39 is 12.0 Å². The van der Waals surface area contributed by atoms with Crippen molar-refractivity contribution < 1.29 is 19.5 Å². The lowest BCUT2D eigenvalue weighted by Crippen LogP contribution is -2.32. The largest absolute Gasteiger partial charge is 0.480 e.